The van der Waals surface area contributed by atoms with E-state index >= 15 is 0 Å². The van der Waals surface area contributed by atoms with Crippen molar-refractivity contribution in [3.05, 3.63) is 64.2 Å². The van der Waals surface area contributed by atoms with Gasteiger partial charge in [0.2, 0.25) is 5.91 Å². The van der Waals surface area contributed by atoms with Crippen molar-refractivity contribution in [1.82, 2.24) is 4.90 Å². The van der Waals surface area contributed by atoms with Crippen molar-refractivity contribution in [3.63, 3.8) is 0 Å². The second-order valence-electron chi connectivity index (χ2n) is 5.55. The Balaban J connectivity index is 1.87. The van der Waals surface area contributed by atoms with Crippen LogP contribution in [0.1, 0.15) is 5.56 Å². The summed E-state index contributed by atoms with van der Waals surface area (Å²) in [7, 11) is 1.72. The highest BCUT2D eigenvalue weighted by molar-refractivity contribution is 5.92. The van der Waals surface area contributed by atoms with E-state index in [-0.39, 0.29) is 23.9 Å². The summed E-state index contributed by atoms with van der Waals surface area (Å²) in [6, 6.07) is 11.8. The first-order chi connectivity index (χ1) is 12.3. The minimum absolute atomic E-state index is 0.0535. The molecular weight excluding hydrogens is 348 g/mol. The summed E-state index contributed by atoms with van der Waals surface area (Å²) >= 11 is 0. The lowest BCUT2D eigenvalue weighted by Gasteiger charge is -2.16. The Labute approximate surface area is 148 Å². The molecule has 9 heteroatoms. The molecule has 1 amide bonds. The third-order valence-corrected chi connectivity index (χ3v) is 3.36. The summed E-state index contributed by atoms with van der Waals surface area (Å²) in [5.41, 5.74) is 1.05. The number of nitrogens with one attached hydrogen (secondary N) is 1. The lowest BCUT2D eigenvalue weighted by atomic mass is 10.2. The van der Waals surface area contributed by atoms with Crippen LogP contribution in [0.4, 0.5) is 20.2 Å². The Morgan fingerprint density at radius 1 is 1.27 bits per heavy atom. The molecule has 0 saturated heterocycles. The molecule has 0 heterocycles. The number of nitro benzene ring substituents is 1. The normalized spacial score (nSPS) is 10.8. The van der Waals surface area contributed by atoms with Gasteiger partial charge in [-0.25, -0.2) is 0 Å². The lowest BCUT2D eigenvalue weighted by Crippen LogP contribution is -2.29. The summed E-state index contributed by atoms with van der Waals surface area (Å²) in [6.07, 6.45) is 0. The zero-order chi connectivity index (χ0) is 19.1. The average molecular weight is 365 g/mol. The molecule has 0 saturated carbocycles. The van der Waals surface area contributed by atoms with E-state index in [0.29, 0.717) is 12.2 Å². The van der Waals surface area contributed by atoms with Crippen LogP contribution in [0.5, 0.6) is 5.75 Å². The molecule has 0 radical (unpaired) electrons. The number of hydrogen-bond donors (Lipinski definition) is 1. The van der Waals surface area contributed by atoms with E-state index in [4.69, 9.17) is 0 Å². The van der Waals surface area contributed by atoms with Crippen LogP contribution in [0, 0.1) is 10.1 Å². The second kappa shape index (κ2) is 8.86. The molecule has 26 heavy (non-hydrogen) atoms. The van der Waals surface area contributed by atoms with Crippen molar-refractivity contribution in [2.75, 3.05) is 18.9 Å². The van der Waals surface area contributed by atoms with E-state index in [2.05, 4.69) is 10.1 Å². The van der Waals surface area contributed by atoms with E-state index in [9.17, 15) is 23.7 Å². The first kappa shape index (κ1) is 19.3. The number of non-ortho nitro benzene ring substituents is 1. The molecule has 138 valence electrons. The molecule has 0 atom stereocenters. The van der Waals surface area contributed by atoms with Crippen molar-refractivity contribution >= 4 is 17.3 Å². The van der Waals surface area contributed by atoms with Crippen molar-refractivity contribution in [2.24, 2.45) is 0 Å². The number of likely N-dealkylation sites (N-methyl/N-ethyl adjacent to an activating group) is 1. The van der Waals surface area contributed by atoms with E-state index in [1.165, 1.54) is 30.3 Å². The number of ether oxygens (including phenoxy) is 1. The van der Waals surface area contributed by atoms with E-state index in [0.717, 1.165) is 5.56 Å². The SMILES string of the molecule is CN(CC(=O)Nc1cccc([N+](=O)[O-])c1)Cc1ccc(OC(F)F)cc1. The third-order valence-electron chi connectivity index (χ3n) is 3.36. The molecule has 2 rings (SSSR count). The predicted molar refractivity (Wildman–Crippen MR) is 91.1 cm³/mol. The molecule has 0 spiro atoms. The fourth-order valence-corrected chi connectivity index (χ4v) is 2.29. The molecule has 1 N–H and O–H groups in total. The average Bonchev–Trinajstić information content (AvgIpc) is 2.56. The quantitative estimate of drug-likeness (QED) is 0.573. The van der Waals surface area contributed by atoms with Crippen LogP contribution < -0.4 is 10.1 Å². The van der Waals surface area contributed by atoms with Gasteiger partial charge in [0.15, 0.2) is 0 Å². The Morgan fingerprint density at radius 2 is 1.96 bits per heavy atom. The van der Waals surface area contributed by atoms with Gasteiger partial charge >= 0.3 is 6.61 Å². The van der Waals surface area contributed by atoms with Crippen molar-refractivity contribution < 1.29 is 23.2 Å². The zero-order valence-corrected chi connectivity index (χ0v) is 13.9. The first-order valence-electron chi connectivity index (χ1n) is 7.60. The zero-order valence-electron chi connectivity index (χ0n) is 13.9. The van der Waals surface area contributed by atoms with Gasteiger partial charge in [0.1, 0.15) is 5.75 Å². The highest BCUT2D eigenvalue weighted by atomic mass is 19.3. The number of nitro groups is 1. The standard InChI is InChI=1S/C17H17F2N3O4/c1-21(10-12-5-7-15(8-6-12)26-17(18)19)11-16(23)20-13-3-2-4-14(9-13)22(24)25/h2-9,17H,10-11H2,1H3,(H,20,23). The maximum Gasteiger partial charge on any atom is 0.387 e. The molecule has 0 aliphatic heterocycles. The van der Waals surface area contributed by atoms with Crippen LogP contribution in [-0.4, -0.2) is 35.9 Å². The Bertz CT molecular complexity index is 769. The third kappa shape index (κ3) is 6.10. The van der Waals surface area contributed by atoms with Gasteiger partial charge in [-0.3, -0.25) is 19.8 Å². The summed E-state index contributed by atoms with van der Waals surface area (Å²) < 4.78 is 28.5. The summed E-state index contributed by atoms with van der Waals surface area (Å²) in [4.78, 5) is 24.0. The molecule has 0 aliphatic rings. The first-order valence-corrected chi connectivity index (χ1v) is 7.60. The monoisotopic (exact) mass is 365 g/mol. The van der Waals surface area contributed by atoms with Crippen LogP contribution in [0.2, 0.25) is 0 Å². The van der Waals surface area contributed by atoms with Gasteiger partial charge in [-0.15, -0.1) is 0 Å². The fourth-order valence-electron chi connectivity index (χ4n) is 2.29. The van der Waals surface area contributed by atoms with Crippen molar-refractivity contribution in [2.45, 2.75) is 13.2 Å². The van der Waals surface area contributed by atoms with Gasteiger partial charge in [0.25, 0.3) is 5.69 Å². The summed E-state index contributed by atoms with van der Waals surface area (Å²) in [5.74, 6) is -0.263. The van der Waals surface area contributed by atoms with Crippen molar-refractivity contribution in [1.29, 1.82) is 0 Å². The maximum atomic E-state index is 12.1. The largest absolute Gasteiger partial charge is 0.435 e. The van der Waals surface area contributed by atoms with E-state index < -0.39 is 11.5 Å². The second-order valence-corrected chi connectivity index (χ2v) is 5.55. The molecule has 0 fully saturated rings. The van der Waals surface area contributed by atoms with Gasteiger partial charge < -0.3 is 10.1 Å². The molecule has 7 nitrogen and oxygen atoms in total. The maximum absolute atomic E-state index is 12.1. The topological polar surface area (TPSA) is 84.7 Å². The van der Waals surface area contributed by atoms with Gasteiger partial charge in [0.05, 0.1) is 11.5 Å². The van der Waals surface area contributed by atoms with Crippen LogP contribution in [-0.2, 0) is 11.3 Å². The number of nitrogens with zero attached hydrogens (tertiary/aromatic N) is 2. The Kier molecular flexibility index (Phi) is 6.56. The number of carbonyl (C=O) groups is 1. The number of halogens is 2. The van der Waals surface area contributed by atoms with Crippen LogP contribution in [0.15, 0.2) is 48.5 Å². The molecule has 2 aromatic carbocycles. The van der Waals surface area contributed by atoms with Gasteiger partial charge in [-0.1, -0.05) is 18.2 Å². The van der Waals surface area contributed by atoms with E-state index in [1.54, 1.807) is 30.1 Å². The molecular formula is C17H17F2N3O4. The molecule has 0 bridgehead atoms. The molecule has 0 aliphatic carbocycles. The number of hydrogen-bond acceptors (Lipinski definition) is 5. The van der Waals surface area contributed by atoms with Crippen molar-refractivity contribution in [3.8, 4) is 5.75 Å². The number of carbonyl (C=O) groups excluding carboxylic acids is 1. The Hall–Kier alpha value is -3.07. The number of alkyl halides is 2. The number of anilines is 1. The summed E-state index contributed by atoms with van der Waals surface area (Å²) in [6.45, 7) is -2.41. The highest BCUT2D eigenvalue weighted by Crippen LogP contribution is 2.18. The van der Waals surface area contributed by atoms with Gasteiger partial charge in [-0.05, 0) is 30.8 Å². The highest BCUT2D eigenvalue weighted by Gasteiger charge is 2.11. The van der Waals surface area contributed by atoms with Crippen LogP contribution in [0.25, 0.3) is 0 Å². The van der Waals surface area contributed by atoms with Crippen LogP contribution in [0.3, 0.4) is 0 Å². The summed E-state index contributed by atoms with van der Waals surface area (Å²) in [5, 5.41) is 13.3. The molecule has 0 unspecified atom stereocenters. The molecule has 2 aromatic rings. The minimum Gasteiger partial charge on any atom is -0.435 e. The fraction of sp³-hybridized carbons (Fsp3) is 0.235. The minimum atomic E-state index is -2.87. The number of rotatable bonds is 8. The number of amides is 1. The predicted octanol–water partition coefficient (Wildman–Crippen LogP) is 3.27. The Morgan fingerprint density at radius 3 is 2.58 bits per heavy atom. The lowest BCUT2D eigenvalue weighted by molar-refractivity contribution is -0.384. The van der Waals surface area contributed by atoms with Gasteiger partial charge in [0, 0.05) is 24.4 Å². The van der Waals surface area contributed by atoms with E-state index in [1.807, 2.05) is 0 Å². The van der Waals surface area contributed by atoms with Gasteiger partial charge in [-0.2, -0.15) is 8.78 Å². The smallest absolute Gasteiger partial charge is 0.387 e. The molecule has 0 aromatic heterocycles. The van der Waals surface area contributed by atoms with Crippen LogP contribution >= 0.6 is 0 Å². The number of benzene rings is 2.